The molecular weight excluding hydrogens is 869 g/mol. The maximum atomic E-state index is 2.78. The van der Waals surface area contributed by atoms with Crippen LogP contribution in [0.4, 0.5) is 11.4 Å². The van der Waals surface area contributed by atoms with E-state index in [4.69, 9.17) is 0 Å². The molecule has 0 bridgehead atoms. The molecule has 0 saturated heterocycles. The van der Waals surface area contributed by atoms with E-state index in [1.807, 2.05) is 0 Å². The van der Waals surface area contributed by atoms with Gasteiger partial charge in [-0.25, -0.2) is 0 Å². The van der Waals surface area contributed by atoms with E-state index in [-0.39, 0.29) is 0 Å². The van der Waals surface area contributed by atoms with Crippen LogP contribution in [0.5, 0.6) is 0 Å². The Morgan fingerprint density at radius 2 is 0.333 bits per heavy atom. The van der Waals surface area contributed by atoms with Crippen molar-refractivity contribution in [1.82, 2.24) is 0 Å². The standard InChI is InChI=1S/C70H52N2/c1-9-30-53(31-10-1)67(54-32-11-2-12-33-54)63-48-25-26-49-64(63)68(55-34-13-3-14-35-55,56-36-15-4-16-37-56)71(67)61-46-29-47-62(52-61)72-69(57-38-17-5-18-39-57,58-40-19-6-20-41-58)65-50-27-28-51-66(65)70(72,59-42-21-7-22-43-59)60-44-23-8-24-45-60/h1-52H. The van der Waals surface area contributed by atoms with Gasteiger partial charge in [0.05, 0.1) is 0 Å². The Hall–Kier alpha value is -8.98. The lowest BCUT2D eigenvalue weighted by molar-refractivity contribution is 0.489. The number of anilines is 2. The number of benzene rings is 11. The van der Waals surface area contributed by atoms with Crippen molar-refractivity contribution in [3.05, 3.63) is 382 Å². The van der Waals surface area contributed by atoms with E-state index >= 15 is 0 Å². The van der Waals surface area contributed by atoms with Gasteiger partial charge >= 0.3 is 0 Å². The van der Waals surface area contributed by atoms with Crippen molar-refractivity contribution in [1.29, 1.82) is 0 Å². The van der Waals surface area contributed by atoms with E-state index in [0.717, 1.165) is 11.4 Å². The van der Waals surface area contributed by atoms with Crippen LogP contribution in [0.2, 0.25) is 0 Å². The smallest absolute Gasteiger partial charge is 0.118 e. The zero-order valence-electron chi connectivity index (χ0n) is 39.9. The molecule has 342 valence electrons. The summed E-state index contributed by atoms with van der Waals surface area (Å²) in [7, 11) is 0. The minimum absolute atomic E-state index is 0.830. The first kappa shape index (κ1) is 43.1. The van der Waals surface area contributed by atoms with Crippen LogP contribution >= 0.6 is 0 Å². The molecule has 0 aliphatic carbocycles. The van der Waals surface area contributed by atoms with Crippen molar-refractivity contribution < 1.29 is 0 Å². The number of hydrogen-bond donors (Lipinski definition) is 0. The van der Waals surface area contributed by atoms with E-state index in [0.29, 0.717) is 0 Å². The van der Waals surface area contributed by atoms with Gasteiger partial charge in [0.2, 0.25) is 0 Å². The topological polar surface area (TPSA) is 6.48 Å². The summed E-state index contributed by atoms with van der Waals surface area (Å²) in [6.45, 7) is 0. The number of rotatable bonds is 10. The van der Waals surface area contributed by atoms with Crippen molar-refractivity contribution >= 4 is 11.4 Å². The molecule has 0 amide bonds. The summed E-state index contributed by atoms with van der Waals surface area (Å²) in [6, 6.07) is 118. The van der Waals surface area contributed by atoms with Crippen LogP contribution < -0.4 is 9.80 Å². The summed E-state index contributed by atoms with van der Waals surface area (Å²) >= 11 is 0. The fraction of sp³-hybridized carbons (Fsp3) is 0.0571. The van der Waals surface area contributed by atoms with Crippen LogP contribution in [0.25, 0.3) is 0 Å². The Kier molecular flexibility index (Phi) is 10.4. The summed E-state index contributed by atoms with van der Waals surface area (Å²) in [5, 5.41) is 0. The average Bonchev–Trinajstić information content (AvgIpc) is 3.93. The van der Waals surface area contributed by atoms with Gasteiger partial charge in [0.25, 0.3) is 0 Å². The van der Waals surface area contributed by atoms with Crippen molar-refractivity contribution in [2.45, 2.75) is 22.2 Å². The normalized spacial score (nSPS) is 15.6. The minimum atomic E-state index is -0.830. The third-order valence-electron chi connectivity index (χ3n) is 15.6. The molecule has 0 unspecified atom stereocenters. The van der Waals surface area contributed by atoms with Crippen molar-refractivity contribution in [3.8, 4) is 0 Å². The lowest BCUT2D eigenvalue weighted by Crippen LogP contribution is -2.55. The van der Waals surface area contributed by atoms with E-state index in [2.05, 4.69) is 325 Å². The first-order valence-electron chi connectivity index (χ1n) is 25.1. The molecule has 0 N–H and O–H groups in total. The summed E-state index contributed by atoms with van der Waals surface area (Å²) in [5.41, 5.74) is 13.2. The van der Waals surface area contributed by atoms with Crippen molar-refractivity contribution in [2.24, 2.45) is 0 Å². The van der Waals surface area contributed by atoms with Crippen molar-refractivity contribution in [2.75, 3.05) is 9.80 Å². The molecule has 0 spiro atoms. The molecule has 0 atom stereocenters. The Morgan fingerprint density at radius 1 is 0.167 bits per heavy atom. The van der Waals surface area contributed by atoms with Gasteiger partial charge < -0.3 is 9.80 Å². The first-order valence-corrected chi connectivity index (χ1v) is 25.1. The van der Waals surface area contributed by atoms with Crippen LogP contribution in [-0.4, -0.2) is 0 Å². The third-order valence-corrected chi connectivity index (χ3v) is 15.6. The van der Waals surface area contributed by atoms with Crippen LogP contribution in [0.3, 0.4) is 0 Å². The zero-order valence-corrected chi connectivity index (χ0v) is 39.9. The largest absolute Gasteiger partial charge is 0.336 e. The van der Waals surface area contributed by atoms with Crippen LogP contribution in [0, 0.1) is 0 Å². The quantitative estimate of drug-likeness (QED) is 0.135. The van der Waals surface area contributed by atoms with E-state index < -0.39 is 22.2 Å². The molecule has 0 fully saturated rings. The maximum Gasteiger partial charge on any atom is 0.118 e. The number of hydrogen-bond acceptors (Lipinski definition) is 2. The maximum absolute atomic E-state index is 2.78. The minimum Gasteiger partial charge on any atom is -0.336 e. The molecule has 2 aliphatic heterocycles. The fourth-order valence-electron chi connectivity index (χ4n) is 13.1. The molecule has 2 nitrogen and oxygen atoms in total. The van der Waals surface area contributed by atoms with Gasteiger partial charge in [0.1, 0.15) is 22.2 Å². The Balaban J connectivity index is 1.22. The summed E-state index contributed by atoms with van der Waals surface area (Å²) < 4.78 is 0. The predicted octanol–water partition coefficient (Wildman–Crippen LogP) is 15.9. The van der Waals surface area contributed by atoms with Gasteiger partial charge in [-0.15, -0.1) is 0 Å². The van der Waals surface area contributed by atoms with E-state index in [1.54, 1.807) is 0 Å². The Labute approximate surface area is 423 Å². The highest BCUT2D eigenvalue weighted by Gasteiger charge is 2.64. The molecule has 2 aliphatic rings. The van der Waals surface area contributed by atoms with E-state index in [1.165, 1.54) is 66.8 Å². The van der Waals surface area contributed by atoms with E-state index in [9.17, 15) is 0 Å². The van der Waals surface area contributed by atoms with Gasteiger partial charge in [-0.1, -0.05) is 297 Å². The summed E-state index contributed by atoms with van der Waals surface area (Å²) in [5.74, 6) is 0. The first-order chi connectivity index (χ1) is 35.8. The highest BCUT2D eigenvalue weighted by molar-refractivity contribution is 5.83. The van der Waals surface area contributed by atoms with Gasteiger partial charge in [0.15, 0.2) is 0 Å². The lowest BCUT2D eigenvalue weighted by Gasteiger charge is -2.52. The second kappa shape index (κ2) is 17.5. The highest BCUT2D eigenvalue weighted by Crippen LogP contribution is 2.65. The SMILES string of the molecule is c1ccc(C2(c3ccccc3)c3ccccc3C(c3ccccc3)(c3ccccc3)N2c2cccc(N3C(c4ccccc4)(c4ccccc4)c4ccccc4C3(c3ccccc3)c3ccccc3)c2)cc1. The predicted molar refractivity (Wildman–Crippen MR) is 295 cm³/mol. The second-order valence-corrected chi connectivity index (χ2v) is 19.1. The molecular formula is C70H52N2. The van der Waals surface area contributed by atoms with Crippen LogP contribution in [0.15, 0.2) is 315 Å². The lowest BCUT2D eigenvalue weighted by atomic mass is 9.76. The molecule has 0 saturated carbocycles. The van der Waals surface area contributed by atoms with Crippen LogP contribution in [0.1, 0.15) is 66.8 Å². The molecule has 0 aromatic heterocycles. The molecule has 13 rings (SSSR count). The summed E-state index contributed by atoms with van der Waals surface area (Å²) in [6.07, 6.45) is 0. The third kappa shape index (κ3) is 6.02. The average molecular weight is 921 g/mol. The molecule has 72 heavy (non-hydrogen) atoms. The van der Waals surface area contributed by atoms with Gasteiger partial charge in [0, 0.05) is 11.4 Å². The Bertz CT molecular complexity index is 3000. The summed E-state index contributed by atoms with van der Waals surface area (Å²) in [4.78, 5) is 5.57. The monoisotopic (exact) mass is 920 g/mol. The molecule has 11 aromatic rings. The second-order valence-electron chi connectivity index (χ2n) is 19.1. The molecule has 0 radical (unpaired) electrons. The Morgan fingerprint density at radius 3 is 0.514 bits per heavy atom. The fourth-order valence-corrected chi connectivity index (χ4v) is 13.1. The molecule has 11 aromatic carbocycles. The van der Waals surface area contributed by atoms with Gasteiger partial charge in [-0.2, -0.15) is 0 Å². The molecule has 2 heteroatoms. The highest BCUT2D eigenvalue weighted by atomic mass is 15.3. The number of nitrogens with zero attached hydrogens (tertiary/aromatic N) is 2. The number of fused-ring (bicyclic) bond motifs is 2. The molecule has 2 heterocycles. The van der Waals surface area contributed by atoms with Crippen molar-refractivity contribution in [3.63, 3.8) is 0 Å². The van der Waals surface area contributed by atoms with Gasteiger partial charge in [-0.3, -0.25) is 0 Å². The van der Waals surface area contributed by atoms with Crippen LogP contribution in [-0.2, 0) is 22.2 Å². The van der Waals surface area contributed by atoms with Gasteiger partial charge in [-0.05, 0) is 85.0 Å². The zero-order chi connectivity index (χ0) is 48.0.